The number of benzene rings is 1. The van der Waals surface area contributed by atoms with Crippen molar-refractivity contribution in [3.63, 3.8) is 0 Å². The molecule has 1 heterocycles. The van der Waals surface area contributed by atoms with Gasteiger partial charge in [0.05, 0.1) is 0 Å². The Labute approximate surface area is 119 Å². The Balaban J connectivity index is 1.93. The number of aliphatic carboxylic acids is 1. The van der Waals surface area contributed by atoms with E-state index in [9.17, 15) is 14.7 Å². The molecule has 4 heteroatoms. The minimum atomic E-state index is -0.881. The van der Waals surface area contributed by atoms with Crippen molar-refractivity contribution in [3.8, 4) is 0 Å². The number of rotatable bonds is 4. The maximum Gasteiger partial charge on any atom is 0.326 e. The topological polar surface area (TPSA) is 57.6 Å². The molecule has 1 aromatic rings. The van der Waals surface area contributed by atoms with Crippen LogP contribution in [0.1, 0.15) is 36.8 Å². The number of hydrogen-bond donors (Lipinski definition) is 1. The Morgan fingerprint density at radius 3 is 2.60 bits per heavy atom. The highest BCUT2D eigenvalue weighted by molar-refractivity contribution is 5.84. The van der Waals surface area contributed by atoms with Crippen LogP contribution >= 0.6 is 0 Å². The van der Waals surface area contributed by atoms with Gasteiger partial charge in [-0.2, -0.15) is 0 Å². The first-order valence-corrected chi connectivity index (χ1v) is 7.16. The summed E-state index contributed by atoms with van der Waals surface area (Å²) in [4.78, 5) is 24.9. The number of carbonyl (C=O) groups excluding carboxylic acids is 1. The number of nitrogens with zero attached hydrogens (tertiary/aromatic N) is 1. The van der Waals surface area contributed by atoms with Gasteiger partial charge in [-0.25, -0.2) is 4.79 Å². The number of hydrogen-bond acceptors (Lipinski definition) is 2. The average Bonchev–Trinajstić information content (AvgIpc) is 2.46. The van der Waals surface area contributed by atoms with E-state index in [0.717, 1.165) is 18.4 Å². The molecular formula is C16H21NO3. The molecule has 0 saturated carbocycles. The van der Waals surface area contributed by atoms with Crippen molar-refractivity contribution in [2.75, 3.05) is 6.54 Å². The van der Waals surface area contributed by atoms with Crippen molar-refractivity contribution in [3.05, 3.63) is 35.4 Å². The molecule has 1 fully saturated rings. The van der Waals surface area contributed by atoms with Crippen molar-refractivity contribution < 1.29 is 14.7 Å². The van der Waals surface area contributed by atoms with E-state index < -0.39 is 12.0 Å². The smallest absolute Gasteiger partial charge is 0.326 e. The number of aryl methyl sites for hydroxylation is 2. The Bertz CT molecular complexity index is 481. The predicted octanol–water partition coefficient (Wildman–Crippen LogP) is 2.39. The summed E-state index contributed by atoms with van der Waals surface area (Å²) in [6.07, 6.45) is 3.42. The van der Waals surface area contributed by atoms with Gasteiger partial charge in [0.1, 0.15) is 6.04 Å². The van der Waals surface area contributed by atoms with Crippen LogP contribution in [-0.2, 0) is 16.0 Å². The molecule has 1 unspecified atom stereocenters. The highest BCUT2D eigenvalue weighted by Crippen LogP contribution is 2.19. The van der Waals surface area contributed by atoms with E-state index in [-0.39, 0.29) is 5.91 Å². The molecule has 1 N–H and O–H groups in total. The van der Waals surface area contributed by atoms with Crippen LogP contribution in [0.3, 0.4) is 0 Å². The van der Waals surface area contributed by atoms with Gasteiger partial charge in [0.25, 0.3) is 0 Å². The first-order chi connectivity index (χ1) is 9.58. The third-order valence-corrected chi connectivity index (χ3v) is 3.86. The van der Waals surface area contributed by atoms with Gasteiger partial charge in [-0.1, -0.05) is 29.8 Å². The van der Waals surface area contributed by atoms with Gasteiger partial charge in [-0.05, 0) is 38.2 Å². The standard InChI is InChI=1S/C16H21NO3/c1-12-5-7-13(8-6-12)9-10-15(18)17-11-3-2-4-14(17)16(19)20/h5-8,14H,2-4,9-11H2,1H3,(H,19,20). The molecule has 1 aliphatic rings. The van der Waals surface area contributed by atoms with E-state index in [0.29, 0.717) is 25.8 Å². The lowest BCUT2D eigenvalue weighted by Gasteiger charge is -2.33. The molecule has 0 aliphatic carbocycles. The second kappa shape index (κ2) is 6.55. The Kier molecular flexibility index (Phi) is 4.77. The zero-order chi connectivity index (χ0) is 14.5. The maximum atomic E-state index is 12.2. The molecule has 4 nitrogen and oxygen atoms in total. The second-order valence-electron chi connectivity index (χ2n) is 5.42. The predicted molar refractivity (Wildman–Crippen MR) is 76.5 cm³/mol. The van der Waals surface area contributed by atoms with Crippen LogP contribution in [0.2, 0.25) is 0 Å². The molecule has 1 amide bonds. The first kappa shape index (κ1) is 14.6. The number of likely N-dealkylation sites (tertiary alicyclic amines) is 1. The normalized spacial score (nSPS) is 18.9. The summed E-state index contributed by atoms with van der Waals surface area (Å²) in [6.45, 7) is 2.60. The molecule has 1 atom stereocenters. The second-order valence-corrected chi connectivity index (χ2v) is 5.42. The van der Waals surface area contributed by atoms with Crippen molar-refractivity contribution in [2.24, 2.45) is 0 Å². The quantitative estimate of drug-likeness (QED) is 0.918. The van der Waals surface area contributed by atoms with E-state index in [2.05, 4.69) is 0 Å². The van der Waals surface area contributed by atoms with Gasteiger partial charge in [0.15, 0.2) is 0 Å². The largest absolute Gasteiger partial charge is 0.480 e. The van der Waals surface area contributed by atoms with Crippen LogP contribution in [0.5, 0.6) is 0 Å². The lowest BCUT2D eigenvalue weighted by Crippen LogP contribution is -2.48. The summed E-state index contributed by atoms with van der Waals surface area (Å²) in [7, 11) is 0. The van der Waals surface area contributed by atoms with E-state index in [1.165, 1.54) is 5.56 Å². The van der Waals surface area contributed by atoms with Crippen LogP contribution < -0.4 is 0 Å². The van der Waals surface area contributed by atoms with Gasteiger partial charge in [0, 0.05) is 13.0 Å². The van der Waals surface area contributed by atoms with Crippen molar-refractivity contribution in [1.82, 2.24) is 4.90 Å². The van der Waals surface area contributed by atoms with E-state index >= 15 is 0 Å². The SMILES string of the molecule is Cc1ccc(CCC(=O)N2CCCCC2C(=O)O)cc1. The fraction of sp³-hybridized carbons (Fsp3) is 0.500. The van der Waals surface area contributed by atoms with Gasteiger partial charge < -0.3 is 10.0 Å². The molecule has 108 valence electrons. The first-order valence-electron chi connectivity index (χ1n) is 7.16. The molecule has 1 aliphatic heterocycles. The third kappa shape index (κ3) is 3.59. The molecule has 2 rings (SSSR count). The lowest BCUT2D eigenvalue weighted by atomic mass is 10.0. The minimum absolute atomic E-state index is 0.0438. The molecule has 0 aromatic heterocycles. The molecule has 1 saturated heterocycles. The number of carbonyl (C=O) groups is 2. The summed E-state index contributed by atoms with van der Waals surface area (Å²) in [5.41, 5.74) is 2.31. The molecule has 1 aromatic carbocycles. The van der Waals surface area contributed by atoms with E-state index in [4.69, 9.17) is 0 Å². The fourth-order valence-corrected chi connectivity index (χ4v) is 2.64. The molecular weight excluding hydrogens is 254 g/mol. The number of carboxylic acids is 1. The van der Waals surface area contributed by atoms with Crippen molar-refractivity contribution in [1.29, 1.82) is 0 Å². The Morgan fingerprint density at radius 1 is 1.25 bits per heavy atom. The van der Waals surface area contributed by atoms with Crippen LogP contribution in [-0.4, -0.2) is 34.5 Å². The van der Waals surface area contributed by atoms with Crippen molar-refractivity contribution >= 4 is 11.9 Å². The summed E-state index contributed by atoms with van der Waals surface area (Å²) in [5.74, 6) is -0.925. The zero-order valence-electron chi connectivity index (χ0n) is 11.8. The number of carboxylic acid groups (broad SMARTS) is 1. The summed E-state index contributed by atoms with van der Waals surface area (Å²) >= 11 is 0. The third-order valence-electron chi connectivity index (χ3n) is 3.86. The highest BCUT2D eigenvalue weighted by atomic mass is 16.4. The molecule has 0 radical (unpaired) electrons. The monoisotopic (exact) mass is 275 g/mol. The van der Waals surface area contributed by atoms with E-state index in [1.807, 2.05) is 31.2 Å². The number of amides is 1. The summed E-state index contributed by atoms with van der Waals surface area (Å²) in [6, 6.07) is 7.47. The summed E-state index contributed by atoms with van der Waals surface area (Å²) in [5, 5.41) is 9.18. The van der Waals surface area contributed by atoms with E-state index in [1.54, 1.807) is 4.90 Å². The zero-order valence-corrected chi connectivity index (χ0v) is 11.8. The minimum Gasteiger partial charge on any atom is -0.480 e. The maximum absolute atomic E-state index is 12.2. The lowest BCUT2D eigenvalue weighted by molar-refractivity contribution is -0.152. The number of piperidine rings is 1. The molecule has 0 spiro atoms. The fourth-order valence-electron chi connectivity index (χ4n) is 2.64. The summed E-state index contributed by atoms with van der Waals surface area (Å²) < 4.78 is 0. The van der Waals surface area contributed by atoms with Gasteiger partial charge in [-0.15, -0.1) is 0 Å². The van der Waals surface area contributed by atoms with Crippen LogP contribution in [0.4, 0.5) is 0 Å². The van der Waals surface area contributed by atoms with Gasteiger partial charge in [0.2, 0.25) is 5.91 Å². The van der Waals surface area contributed by atoms with Gasteiger partial charge in [-0.3, -0.25) is 4.79 Å². The van der Waals surface area contributed by atoms with Crippen molar-refractivity contribution in [2.45, 2.75) is 45.1 Å². The van der Waals surface area contributed by atoms with Gasteiger partial charge >= 0.3 is 5.97 Å². The van der Waals surface area contributed by atoms with Crippen LogP contribution in [0.15, 0.2) is 24.3 Å². The highest BCUT2D eigenvalue weighted by Gasteiger charge is 2.31. The molecule has 20 heavy (non-hydrogen) atoms. The Morgan fingerprint density at radius 2 is 1.95 bits per heavy atom. The van der Waals surface area contributed by atoms with Crippen LogP contribution in [0, 0.1) is 6.92 Å². The Hall–Kier alpha value is -1.84. The molecule has 0 bridgehead atoms. The van der Waals surface area contributed by atoms with Crippen LogP contribution in [0.25, 0.3) is 0 Å². The average molecular weight is 275 g/mol.